The number of para-hydroxylation sites is 1. The molecule has 2 heterocycles. The smallest absolute Gasteiger partial charge is 0.266 e. The van der Waals surface area contributed by atoms with Crippen molar-refractivity contribution in [1.29, 1.82) is 0 Å². The molecule has 1 aromatic carbocycles. The van der Waals surface area contributed by atoms with Gasteiger partial charge < -0.3 is 14.6 Å². The van der Waals surface area contributed by atoms with E-state index in [-0.39, 0.29) is 5.56 Å². The van der Waals surface area contributed by atoms with Gasteiger partial charge in [0, 0.05) is 24.9 Å². The van der Waals surface area contributed by atoms with Gasteiger partial charge >= 0.3 is 0 Å². The van der Waals surface area contributed by atoms with E-state index in [0.29, 0.717) is 5.92 Å². The number of benzene rings is 1. The molecule has 122 valence electrons. The summed E-state index contributed by atoms with van der Waals surface area (Å²) in [6.45, 7) is 3.95. The Labute approximate surface area is 136 Å². The number of H-pyrrole nitrogens is 1. The normalized spacial score (nSPS) is 16.3. The van der Waals surface area contributed by atoms with Gasteiger partial charge in [-0.05, 0) is 44.0 Å². The molecule has 0 saturated carbocycles. The Morgan fingerprint density at radius 2 is 1.96 bits per heavy atom. The second kappa shape index (κ2) is 7.92. The summed E-state index contributed by atoms with van der Waals surface area (Å²) < 4.78 is 5.86. The summed E-state index contributed by atoms with van der Waals surface area (Å²) in [6, 6.07) is 10.0. The number of nitrogens with zero attached hydrogens (tertiary/aromatic N) is 2. The number of hydrogen-bond acceptors (Lipinski definition) is 4. The molecule has 1 N–H and O–H groups in total. The SMILES string of the molecule is O=c1cncc(CCN2CCC(COc3ccccc3)CC2)[nH]1. The predicted octanol–water partition coefficient (Wildman–Crippen LogP) is 2.10. The number of nitrogens with one attached hydrogen (secondary N) is 1. The Bertz CT molecular complexity index is 649. The molecule has 0 aliphatic carbocycles. The molecule has 5 nitrogen and oxygen atoms in total. The van der Waals surface area contributed by atoms with Crippen LogP contribution in [0.4, 0.5) is 0 Å². The van der Waals surface area contributed by atoms with Crippen molar-refractivity contribution in [3.8, 4) is 5.75 Å². The van der Waals surface area contributed by atoms with Crippen molar-refractivity contribution in [2.45, 2.75) is 19.3 Å². The highest BCUT2D eigenvalue weighted by atomic mass is 16.5. The molecule has 1 aliphatic rings. The summed E-state index contributed by atoms with van der Waals surface area (Å²) in [4.78, 5) is 20.4. The van der Waals surface area contributed by atoms with Gasteiger partial charge in [-0.3, -0.25) is 9.78 Å². The number of aromatic amines is 1. The van der Waals surface area contributed by atoms with Crippen LogP contribution in [0, 0.1) is 5.92 Å². The minimum absolute atomic E-state index is 0.126. The molecule has 5 heteroatoms. The van der Waals surface area contributed by atoms with E-state index in [1.807, 2.05) is 30.3 Å². The number of likely N-dealkylation sites (tertiary alicyclic amines) is 1. The quantitative estimate of drug-likeness (QED) is 0.887. The topological polar surface area (TPSA) is 58.2 Å². The van der Waals surface area contributed by atoms with E-state index < -0.39 is 0 Å². The van der Waals surface area contributed by atoms with Crippen molar-refractivity contribution in [2.75, 3.05) is 26.2 Å². The van der Waals surface area contributed by atoms with Crippen LogP contribution in [0.15, 0.2) is 47.5 Å². The maximum Gasteiger partial charge on any atom is 0.266 e. The van der Waals surface area contributed by atoms with Crippen molar-refractivity contribution < 1.29 is 4.74 Å². The number of aromatic nitrogens is 2. The Morgan fingerprint density at radius 1 is 1.17 bits per heavy atom. The van der Waals surface area contributed by atoms with Gasteiger partial charge in [-0.1, -0.05) is 18.2 Å². The molecule has 0 spiro atoms. The van der Waals surface area contributed by atoms with Gasteiger partial charge in [-0.15, -0.1) is 0 Å². The van der Waals surface area contributed by atoms with Crippen LogP contribution < -0.4 is 10.3 Å². The Kier molecular flexibility index (Phi) is 5.42. The molecule has 1 fully saturated rings. The fourth-order valence-corrected chi connectivity index (χ4v) is 2.93. The largest absolute Gasteiger partial charge is 0.493 e. The fraction of sp³-hybridized carbons (Fsp3) is 0.444. The van der Waals surface area contributed by atoms with Gasteiger partial charge in [0.25, 0.3) is 5.56 Å². The average Bonchev–Trinajstić information content (AvgIpc) is 2.60. The highest BCUT2D eigenvalue weighted by molar-refractivity contribution is 5.20. The number of rotatable bonds is 6. The minimum Gasteiger partial charge on any atom is -0.493 e. The van der Waals surface area contributed by atoms with Gasteiger partial charge in [-0.25, -0.2) is 0 Å². The first kappa shape index (κ1) is 15.7. The zero-order valence-corrected chi connectivity index (χ0v) is 13.3. The van der Waals surface area contributed by atoms with E-state index in [4.69, 9.17) is 4.74 Å². The van der Waals surface area contributed by atoms with Gasteiger partial charge in [0.1, 0.15) is 5.75 Å². The maximum absolute atomic E-state index is 11.2. The summed E-state index contributed by atoms with van der Waals surface area (Å²) in [7, 11) is 0. The molecule has 0 atom stereocenters. The van der Waals surface area contributed by atoms with Gasteiger partial charge in [0.2, 0.25) is 0 Å². The molecule has 23 heavy (non-hydrogen) atoms. The second-order valence-corrected chi connectivity index (χ2v) is 6.08. The summed E-state index contributed by atoms with van der Waals surface area (Å²) >= 11 is 0. The van der Waals surface area contributed by atoms with Crippen LogP contribution >= 0.6 is 0 Å². The summed E-state index contributed by atoms with van der Waals surface area (Å²) in [5, 5.41) is 0. The zero-order valence-electron chi connectivity index (χ0n) is 13.3. The molecule has 0 amide bonds. The van der Waals surface area contributed by atoms with Crippen molar-refractivity contribution in [1.82, 2.24) is 14.9 Å². The molecule has 2 aromatic rings. The first-order valence-corrected chi connectivity index (χ1v) is 8.23. The standard InChI is InChI=1S/C18H23N3O2/c22-18-13-19-12-16(20-18)8-11-21-9-6-15(7-10-21)14-23-17-4-2-1-3-5-17/h1-5,12-13,15H,6-11,14H2,(H,20,22). The summed E-state index contributed by atoms with van der Waals surface area (Å²) in [5.41, 5.74) is 0.784. The Balaban J connectivity index is 1.37. The average molecular weight is 313 g/mol. The number of hydrogen-bond donors (Lipinski definition) is 1. The molecule has 1 aromatic heterocycles. The van der Waals surface area contributed by atoms with Crippen molar-refractivity contribution in [3.63, 3.8) is 0 Å². The zero-order chi connectivity index (χ0) is 15.9. The first-order valence-electron chi connectivity index (χ1n) is 8.23. The first-order chi connectivity index (χ1) is 11.3. The molecular formula is C18H23N3O2. The lowest BCUT2D eigenvalue weighted by Crippen LogP contribution is -2.37. The molecule has 1 aliphatic heterocycles. The molecule has 0 bridgehead atoms. The van der Waals surface area contributed by atoms with Gasteiger partial charge in [0.15, 0.2) is 0 Å². The van der Waals surface area contributed by atoms with Crippen molar-refractivity contribution in [3.05, 3.63) is 58.8 Å². The van der Waals surface area contributed by atoms with Gasteiger partial charge in [-0.2, -0.15) is 0 Å². The van der Waals surface area contributed by atoms with E-state index in [9.17, 15) is 4.79 Å². The van der Waals surface area contributed by atoms with E-state index >= 15 is 0 Å². The van der Waals surface area contributed by atoms with Crippen LogP contribution in [0.25, 0.3) is 0 Å². The number of piperidine rings is 1. The van der Waals surface area contributed by atoms with Crippen LogP contribution in [0.2, 0.25) is 0 Å². The molecule has 1 saturated heterocycles. The third kappa shape index (κ3) is 4.93. The number of ether oxygens (including phenoxy) is 1. The van der Waals surface area contributed by atoms with E-state index in [1.165, 1.54) is 6.20 Å². The van der Waals surface area contributed by atoms with E-state index in [2.05, 4.69) is 14.9 Å². The predicted molar refractivity (Wildman–Crippen MR) is 89.7 cm³/mol. The van der Waals surface area contributed by atoms with Crippen LogP contribution in [0.1, 0.15) is 18.5 Å². The van der Waals surface area contributed by atoms with Crippen LogP contribution in [0.5, 0.6) is 5.75 Å². The van der Waals surface area contributed by atoms with Crippen LogP contribution in [0.3, 0.4) is 0 Å². The maximum atomic E-state index is 11.2. The lowest BCUT2D eigenvalue weighted by Gasteiger charge is -2.31. The molecule has 0 radical (unpaired) electrons. The van der Waals surface area contributed by atoms with Crippen LogP contribution in [-0.4, -0.2) is 41.1 Å². The van der Waals surface area contributed by atoms with Crippen molar-refractivity contribution >= 4 is 0 Å². The summed E-state index contributed by atoms with van der Waals surface area (Å²) in [6.07, 6.45) is 6.21. The second-order valence-electron chi connectivity index (χ2n) is 6.08. The lowest BCUT2D eigenvalue weighted by atomic mass is 9.97. The monoisotopic (exact) mass is 313 g/mol. The summed E-state index contributed by atoms with van der Waals surface area (Å²) in [5.74, 6) is 1.58. The van der Waals surface area contributed by atoms with Crippen molar-refractivity contribution in [2.24, 2.45) is 5.92 Å². The van der Waals surface area contributed by atoms with E-state index in [0.717, 1.165) is 56.9 Å². The molecule has 0 unspecified atom stereocenters. The Morgan fingerprint density at radius 3 is 2.70 bits per heavy atom. The third-order valence-electron chi connectivity index (χ3n) is 4.34. The highest BCUT2D eigenvalue weighted by Crippen LogP contribution is 2.19. The molecule has 3 rings (SSSR count). The lowest BCUT2D eigenvalue weighted by molar-refractivity contribution is 0.142. The molecular weight excluding hydrogens is 290 g/mol. The third-order valence-corrected chi connectivity index (χ3v) is 4.34. The minimum atomic E-state index is -0.126. The Hall–Kier alpha value is -2.14. The fourth-order valence-electron chi connectivity index (χ4n) is 2.93. The highest BCUT2D eigenvalue weighted by Gasteiger charge is 2.19. The van der Waals surface area contributed by atoms with Gasteiger partial charge in [0.05, 0.1) is 12.8 Å². The van der Waals surface area contributed by atoms with E-state index in [1.54, 1.807) is 6.20 Å². The van der Waals surface area contributed by atoms with Crippen LogP contribution in [-0.2, 0) is 6.42 Å².